The Hall–Kier alpha value is -1.10. The summed E-state index contributed by atoms with van der Waals surface area (Å²) in [6.07, 6.45) is 1.01. The molecule has 0 saturated carbocycles. The molecule has 1 atom stereocenters. The third-order valence-corrected chi connectivity index (χ3v) is 2.05. The highest BCUT2D eigenvalue weighted by Crippen LogP contribution is 2.10. The van der Waals surface area contributed by atoms with Gasteiger partial charge in [0.15, 0.2) is 0 Å². The molecular formula is C8H14N2O3. The van der Waals surface area contributed by atoms with Gasteiger partial charge in [-0.3, -0.25) is 9.59 Å². The van der Waals surface area contributed by atoms with Gasteiger partial charge in [-0.05, 0) is 6.42 Å². The third-order valence-electron chi connectivity index (χ3n) is 2.05. The molecule has 0 spiro atoms. The number of piperidine rings is 1. The predicted octanol–water partition coefficient (Wildman–Crippen LogP) is -1.38. The summed E-state index contributed by atoms with van der Waals surface area (Å²) in [4.78, 5) is 22.1. The SMILES string of the molecule is O=C1CCC(C(=O)NCCO)CN1. The molecule has 74 valence electrons. The van der Waals surface area contributed by atoms with Gasteiger partial charge in [0, 0.05) is 19.5 Å². The van der Waals surface area contributed by atoms with E-state index in [2.05, 4.69) is 10.6 Å². The second kappa shape index (κ2) is 4.81. The highest BCUT2D eigenvalue weighted by Gasteiger charge is 2.23. The van der Waals surface area contributed by atoms with E-state index in [0.29, 0.717) is 19.4 Å². The van der Waals surface area contributed by atoms with Gasteiger partial charge in [-0.1, -0.05) is 0 Å². The van der Waals surface area contributed by atoms with Crippen LogP contribution in [-0.4, -0.2) is 36.6 Å². The molecule has 0 aromatic carbocycles. The normalized spacial score (nSPS) is 22.2. The van der Waals surface area contributed by atoms with E-state index < -0.39 is 0 Å². The van der Waals surface area contributed by atoms with Crippen LogP contribution in [0.4, 0.5) is 0 Å². The molecule has 1 unspecified atom stereocenters. The van der Waals surface area contributed by atoms with Crippen molar-refractivity contribution in [3.63, 3.8) is 0 Å². The van der Waals surface area contributed by atoms with Crippen LogP contribution in [0.1, 0.15) is 12.8 Å². The number of amides is 2. The van der Waals surface area contributed by atoms with Crippen molar-refractivity contribution in [3.05, 3.63) is 0 Å². The molecule has 0 bridgehead atoms. The molecule has 0 radical (unpaired) electrons. The molecule has 0 aliphatic carbocycles. The van der Waals surface area contributed by atoms with Crippen molar-refractivity contribution in [2.75, 3.05) is 19.7 Å². The van der Waals surface area contributed by atoms with Crippen LogP contribution in [0, 0.1) is 5.92 Å². The summed E-state index contributed by atoms with van der Waals surface area (Å²) < 4.78 is 0. The van der Waals surface area contributed by atoms with Crippen LogP contribution in [0.3, 0.4) is 0 Å². The summed E-state index contributed by atoms with van der Waals surface area (Å²) in [5.74, 6) is -0.218. The Bertz CT molecular complexity index is 196. The average Bonchev–Trinajstić information content (AvgIpc) is 2.15. The first-order valence-electron chi connectivity index (χ1n) is 4.39. The number of carbonyl (C=O) groups is 2. The molecule has 5 nitrogen and oxygen atoms in total. The van der Waals surface area contributed by atoms with Crippen molar-refractivity contribution in [2.24, 2.45) is 5.92 Å². The van der Waals surface area contributed by atoms with Crippen molar-refractivity contribution in [3.8, 4) is 0 Å². The number of hydrogen-bond donors (Lipinski definition) is 3. The molecule has 1 aliphatic rings. The number of aliphatic hydroxyl groups is 1. The molecule has 1 rings (SSSR count). The summed E-state index contributed by atoms with van der Waals surface area (Å²) in [6.45, 7) is 0.643. The predicted molar refractivity (Wildman–Crippen MR) is 45.8 cm³/mol. The van der Waals surface area contributed by atoms with Gasteiger partial charge in [-0.2, -0.15) is 0 Å². The minimum atomic E-state index is -0.135. The molecule has 1 fully saturated rings. The van der Waals surface area contributed by atoms with Crippen LogP contribution in [0.2, 0.25) is 0 Å². The first-order chi connectivity index (χ1) is 6.24. The van der Waals surface area contributed by atoms with Crippen molar-refractivity contribution in [2.45, 2.75) is 12.8 Å². The standard InChI is InChI=1S/C8H14N2O3/c11-4-3-9-8(13)6-1-2-7(12)10-5-6/h6,11H,1-5H2,(H,9,13)(H,10,12). The molecule has 13 heavy (non-hydrogen) atoms. The Labute approximate surface area is 76.5 Å². The molecule has 1 saturated heterocycles. The van der Waals surface area contributed by atoms with E-state index >= 15 is 0 Å². The Morgan fingerprint density at radius 1 is 1.69 bits per heavy atom. The van der Waals surface area contributed by atoms with E-state index in [4.69, 9.17) is 5.11 Å². The average molecular weight is 186 g/mol. The van der Waals surface area contributed by atoms with Crippen LogP contribution < -0.4 is 10.6 Å². The minimum Gasteiger partial charge on any atom is -0.395 e. The van der Waals surface area contributed by atoms with Gasteiger partial charge in [-0.25, -0.2) is 0 Å². The van der Waals surface area contributed by atoms with Gasteiger partial charge in [0.1, 0.15) is 0 Å². The summed E-state index contributed by atoms with van der Waals surface area (Å²) in [6, 6.07) is 0. The largest absolute Gasteiger partial charge is 0.395 e. The second-order valence-corrected chi connectivity index (χ2v) is 3.05. The molecule has 0 aromatic rings. The number of hydrogen-bond acceptors (Lipinski definition) is 3. The van der Waals surface area contributed by atoms with Crippen LogP contribution in [0.15, 0.2) is 0 Å². The smallest absolute Gasteiger partial charge is 0.224 e. The van der Waals surface area contributed by atoms with E-state index in [0.717, 1.165) is 0 Å². The van der Waals surface area contributed by atoms with Crippen LogP contribution in [-0.2, 0) is 9.59 Å². The number of carbonyl (C=O) groups excluding carboxylic acids is 2. The maximum absolute atomic E-state index is 11.3. The summed E-state index contributed by atoms with van der Waals surface area (Å²) in [7, 11) is 0. The van der Waals surface area contributed by atoms with Crippen molar-refractivity contribution >= 4 is 11.8 Å². The molecule has 3 N–H and O–H groups in total. The van der Waals surface area contributed by atoms with Crippen molar-refractivity contribution in [1.29, 1.82) is 0 Å². The number of aliphatic hydroxyl groups excluding tert-OH is 1. The maximum Gasteiger partial charge on any atom is 0.224 e. The molecule has 0 aromatic heterocycles. The lowest BCUT2D eigenvalue weighted by Crippen LogP contribution is -2.43. The summed E-state index contributed by atoms with van der Waals surface area (Å²) >= 11 is 0. The van der Waals surface area contributed by atoms with Gasteiger partial charge in [0.05, 0.1) is 12.5 Å². The highest BCUT2D eigenvalue weighted by atomic mass is 16.3. The van der Waals surface area contributed by atoms with Gasteiger partial charge < -0.3 is 15.7 Å². The Balaban J connectivity index is 2.27. The fourth-order valence-electron chi connectivity index (χ4n) is 1.28. The fourth-order valence-corrected chi connectivity index (χ4v) is 1.28. The minimum absolute atomic E-state index is 0.00575. The Morgan fingerprint density at radius 3 is 3.00 bits per heavy atom. The quantitative estimate of drug-likeness (QED) is 0.508. The lowest BCUT2D eigenvalue weighted by molar-refractivity contribution is -0.129. The number of nitrogens with one attached hydrogen (secondary N) is 2. The van der Waals surface area contributed by atoms with Crippen molar-refractivity contribution in [1.82, 2.24) is 10.6 Å². The molecular weight excluding hydrogens is 172 g/mol. The zero-order valence-electron chi connectivity index (χ0n) is 7.38. The van der Waals surface area contributed by atoms with E-state index in [1.807, 2.05) is 0 Å². The van der Waals surface area contributed by atoms with Gasteiger partial charge in [0.2, 0.25) is 11.8 Å². The van der Waals surface area contributed by atoms with E-state index in [1.165, 1.54) is 0 Å². The lowest BCUT2D eigenvalue weighted by Gasteiger charge is -2.21. The van der Waals surface area contributed by atoms with Gasteiger partial charge in [0.25, 0.3) is 0 Å². The molecule has 1 aliphatic heterocycles. The van der Waals surface area contributed by atoms with E-state index in [9.17, 15) is 9.59 Å². The zero-order chi connectivity index (χ0) is 9.68. The lowest BCUT2D eigenvalue weighted by atomic mass is 9.98. The molecule has 2 amide bonds. The van der Waals surface area contributed by atoms with E-state index in [-0.39, 0.29) is 30.9 Å². The van der Waals surface area contributed by atoms with Gasteiger partial charge >= 0.3 is 0 Å². The van der Waals surface area contributed by atoms with Crippen molar-refractivity contribution < 1.29 is 14.7 Å². The third kappa shape index (κ3) is 3.02. The highest BCUT2D eigenvalue weighted by molar-refractivity contribution is 5.83. The fraction of sp³-hybridized carbons (Fsp3) is 0.750. The van der Waals surface area contributed by atoms with Crippen LogP contribution in [0.25, 0.3) is 0 Å². The zero-order valence-corrected chi connectivity index (χ0v) is 7.38. The second-order valence-electron chi connectivity index (χ2n) is 3.05. The monoisotopic (exact) mass is 186 g/mol. The number of rotatable bonds is 3. The van der Waals surface area contributed by atoms with Crippen LogP contribution >= 0.6 is 0 Å². The summed E-state index contributed by atoms with van der Waals surface area (Å²) in [5.41, 5.74) is 0. The maximum atomic E-state index is 11.3. The Morgan fingerprint density at radius 2 is 2.46 bits per heavy atom. The first kappa shape index (κ1) is 9.98. The van der Waals surface area contributed by atoms with Gasteiger partial charge in [-0.15, -0.1) is 0 Å². The summed E-state index contributed by atoms with van der Waals surface area (Å²) in [5, 5.41) is 13.7. The molecule has 1 heterocycles. The Kier molecular flexibility index (Phi) is 3.70. The van der Waals surface area contributed by atoms with E-state index in [1.54, 1.807) is 0 Å². The topological polar surface area (TPSA) is 78.4 Å². The first-order valence-corrected chi connectivity index (χ1v) is 4.39. The van der Waals surface area contributed by atoms with Crippen LogP contribution in [0.5, 0.6) is 0 Å². The molecule has 5 heteroatoms.